The monoisotopic (exact) mass is 294 g/mol. The van der Waals surface area contributed by atoms with Crippen molar-refractivity contribution in [1.82, 2.24) is 5.16 Å². The van der Waals surface area contributed by atoms with E-state index in [1.165, 1.54) is 0 Å². The van der Waals surface area contributed by atoms with Crippen LogP contribution in [0.5, 0.6) is 11.5 Å². The number of hydrogen-bond acceptors (Lipinski definition) is 5. The van der Waals surface area contributed by atoms with Crippen LogP contribution in [0.25, 0.3) is 11.1 Å². The second-order valence-electron chi connectivity index (χ2n) is 4.93. The molecular weight excluding hydrogens is 280 g/mol. The highest BCUT2D eigenvalue weighted by molar-refractivity contribution is 6.33. The predicted octanol–water partition coefficient (Wildman–Crippen LogP) is 3.47. The van der Waals surface area contributed by atoms with Crippen LogP contribution in [0.1, 0.15) is 25.3 Å². The summed E-state index contributed by atoms with van der Waals surface area (Å²) >= 11 is 6.50. The van der Waals surface area contributed by atoms with E-state index in [1.54, 1.807) is 6.20 Å². The van der Waals surface area contributed by atoms with Gasteiger partial charge in [-0.25, -0.2) is 0 Å². The standard InChI is InChI=1S/C14H15ClN2O3/c1-7(2)11-8(9-6-17-20-14(9)16)5-10-13(12(11)15)19-4-3-18-10/h5-7H,3-4,16H2,1-2H3. The summed E-state index contributed by atoms with van der Waals surface area (Å²) in [7, 11) is 0. The first kappa shape index (κ1) is 13.1. The van der Waals surface area contributed by atoms with Crippen LogP contribution in [-0.2, 0) is 0 Å². The molecule has 0 atom stereocenters. The van der Waals surface area contributed by atoms with E-state index in [9.17, 15) is 0 Å². The molecule has 106 valence electrons. The average molecular weight is 295 g/mol. The Kier molecular flexibility index (Phi) is 3.22. The molecule has 5 nitrogen and oxygen atoms in total. The third kappa shape index (κ3) is 1.98. The van der Waals surface area contributed by atoms with E-state index in [1.807, 2.05) is 6.07 Å². The molecule has 0 bridgehead atoms. The number of hydrogen-bond donors (Lipinski definition) is 1. The number of aromatic nitrogens is 1. The van der Waals surface area contributed by atoms with Gasteiger partial charge in [-0.15, -0.1) is 0 Å². The smallest absolute Gasteiger partial charge is 0.229 e. The van der Waals surface area contributed by atoms with E-state index in [-0.39, 0.29) is 11.8 Å². The summed E-state index contributed by atoms with van der Waals surface area (Å²) in [5.41, 5.74) is 8.36. The van der Waals surface area contributed by atoms with Gasteiger partial charge in [0.2, 0.25) is 5.88 Å². The molecule has 0 aliphatic carbocycles. The number of ether oxygens (including phenoxy) is 2. The van der Waals surface area contributed by atoms with Crippen molar-refractivity contribution in [2.75, 3.05) is 18.9 Å². The molecule has 2 heterocycles. The SMILES string of the molecule is CC(C)c1c(-c2cnoc2N)cc2c(c1Cl)OCCO2. The minimum atomic E-state index is 0.197. The van der Waals surface area contributed by atoms with Crippen molar-refractivity contribution in [3.8, 4) is 22.6 Å². The van der Waals surface area contributed by atoms with Crippen molar-refractivity contribution in [3.05, 3.63) is 22.8 Å². The predicted molar refractivity (Wildman–Crippen MR) is 76.4 cm³/mol. The second-order valence-corrected chi connectivity index (χ2v) is 5.31. The van der Waals surface area contributed by atoms with Crippen molar-refractivity contribution < 1.29 is 14.0 Å². The van der Waals surface area contributed by atoms with Crippen molar-refractivity contribution in [2.24, 2.45) is 0 Å². The molecule has 0 radical (unpaired) electrons. The molecule has 0 unspecified atom stereocenters. The van der Waals surface area contributed by atoms with E-state index in [4.69, 9.17) is 31.3 Å². The van der Waals surface area contributed by atoms with Crippen LogP contribution < -0.4 is 15.2 Å². The van der Waals surface area contributed by atoms with Crippen LogP contribution in [0.3, 0.4) is 0 Å². The molecule has 0 spiro atoms. The number of nitrogens with zero attached hydrogens (tertiary/aromatic N) is 1. The van der Waals surface area contributed by atoms with Gasteiger partial charge >= 0.3 is 0 Å². The number of benzene rings is 1. The number of anilines is 1. The largest absolute Gasteiger partial charge is 0.486 e. The molecule has 0 saturated carbocycles. The number of nitrogens with two attached hydrogens (primary N) is 1. The molecule has 0 fully saturated rings. The highest BCUT2D eigenvalue weighted by atomic mass is 35.5. The van der Waals surface area contributed by atoms with E-state index in [2.05, 4.69) is 19.0 Å². The van der Waals surface area contributed by atoms with Gasteiger partial charge in [0.25, 0.3) is 0 Å². The first-order valence-electron chi connectivity index (χ1n) is 6.42. The zero-order chi connectivity index (χ0) is 14.3. The van der Waals surface area contributed by atoms with Crippen LogP contribution in [-0.4, -0.2) is 18.4 Å². The molecule has 2 N–H and O–H groups in total. The minimum Gasteiger partial charge on any atom is -0.486 e. The normalized spacial score (nSPS) is 13.8. The van der Waals surface area contributed by atoms with Gasteiger partial charge in [0.15, 0.2) is 11.5 Å². The van der Waals surface area contributed by atoms with Crippen molar-refractivity contribution in [2.45, 2.75) is 19.8 Å². The molecule has 1 aliphatic heterocycles. The lowest BCUT2D eigenvalue weighted by Crippen LogP contribution is -2.16. The third-order valence-corrected chi connectivity index (χ3v) is 3.65. The van der Waals surface area contributed by atoms with E-state index < -0.39 is 0 Å². The topological polar surface area (TPSA) is 70.5 Å². The number of nitrogen functional groups attached to an aromatic ring is 1. The molecule has 0 amide bonds. The molecule has 20 heavy (non-hydrogen) atoms. The van der Waals surface area contributed by atoms with Crippen LogP contribution >= 0.6 is 11.6 Å². The van der Waals surface area contributed by atoms with E-state index in [0.29, 0.717) is 35.3 Å². The Balaban J connectivity index is 2.28. The van der Waals surface area contributed by atoms with Gasteiger partial charge in [0.05, 0.1) is 16.8 Å². The maximum atomic E-state index is 6.50. The van der Waals surface area contributed by atoms with Crippen molar-refractivity contribution in [1.29, 1.82) is 0 Å². The summed E-state index contributed by atoms with van der Waals surface area (Å²) in [6, 6.07) is 1.89. The maximum absolute atomic E-state index is 6.50. The Bertz CT molecular complexity index is 652. The number of rotatable bonds is 2. The van der Waals surface area contributed by atoms with Gasteiger partial charge in [0, 0.05) is 0 Å². The fourth-order valence-corrected chi connectivity index (χ4v) is 2.87. The van der Waals surface area contributed by atoms with Crippen LogP contribution in [0.4, 0.5) is 5.88 Å². The van der Waals surface area contributed by atoms with Crippen molar-refractivity contribution >= 4 is 17.5 Å². The molecule has 1 aliphatic rings. The average Bonchev–Trinajstić information content (AvgIpc) is 2.84. The summed E-state index contributed by atoms with van der Waals surface area (Å²) in [4.78, 5) is 0. The van der Waals surface area contributed by atoms with Crippen molar-refractivity contribution in [3.63, 3.8) is 0 Å². The first-order valence-corrected chi connectivity index (χ1v) is 6.80. The lowest BCUT2D eigenvalue weighted by molar-refractivity contribution is 0.171. The van der Waals surface area contributed by atoms with E-state index in [0.717, 1.165) is 11.1 Å². The van der Waals surface area contributed by atoms with Gasteiger partial charge in [-0.05, 0) is 23.1 Å². The van der Waals surface area contributed by atoms with Crippen LogP contribution in [0, 0.1) is 0 Å². The zero-order valence-electron chi connectivity index (χ0n) is 11.3. The molecular formula is C14H15ClN2O3. The summed E-state index contributed by atoms with van der Waals surface area (Å²) in [6.07, 6.45) is 1.59. The highest BCUT2D eigenvalue weighted by Crippen LogP contribution is 2.47. The lowest BCUT2D eigenvalue weighted by atomic mass is 9.92. The van der Waals surface area contributed by atoms with Gasteiger partial charge < -0.3 is 19.7 Å². The summed E-state index contributed by atoms with van der Waals surface area (Å²) < 4.78 is 16.2. The molecule has 0 saturated heterocycles. The van der Waals surface area contributed by atoms with Gasteiger partial charge in [-0.3, -0.25) is 0 Å². The van der Waals surface area contributed by atoms with Gasteiger partial charge in [-0.2, -0.15) is 0 Å². The minimum absolute atomic E-state index is 0.197. The third-order valence-electron chi connectivity index (χ3n) is 3.28. The zero-order valence-corrected chi connectivity index (χ0v) is 12.0. The summed E-state index contributed by atoms with van der Waals surface area (Å²) in [5, 5.41) is 4.29. The molecule has 2 aromatic rings. The molecule has 6 heteroatoms. The first-order chi connectivity index (χ1) is 9.59. The van der Waals surface area contributed by atoms with Crippen LogP contribution in [0.2, 0.25) is 5.02 Å². The molecule has 1 aromatic heterocycles. The lowest BCUT2D eigenvalue weighted by Gasteiger charge is -2.24. The van der Waals surface area contributed by atoms with Crippen LogP contribution in [0.15, 0.2) is 16.8 Å². The maximum Gasteiger partial charge on any atom is 0.229 e. The highest BCUT2D eigenvalue weighted by Gasteiger charge is 2.25. The number of fused-ring (bicyclic) bond motifs is 1. The summed E-state index contributed by atoms with van der Waals surface area (Å²) in [5.74, 6) is 1.68. The Morgan fingerprint density at radius 2 is 2.00 bits per heavy atom. The Morgan fingerprint density at radius 3 is 2.65 bits per heavy atom. The quantitative estimate of drug-likeness (QED) is 0.918. The molecule has 3 rings (SSSR count). The van der Waals surface area contributed by atoms with Gasteiger partial charge in [-0.1, -0.05) is 30.6 Å². The van der Waals surface area contributed by atoms with Gasteiger partial charge in [0.1, 0.15) is 13.2 Å². The Labute approximate surface area is 121 Å². The fraction of sp³-hybridized carbons (Fsp3) is 0.357. The fourth-order valence-electron chi connectivity index (χ4n) is 2.40. The summed E-state index contributed by atoms with van der Waals surface area (Å²) in [6.45, 7) is 5.12. The number of halogens is 1. The van der Waals surface area contributed by atoms with E-state index >= 15 is 0 Å². The Hall–Kier alpha value is -1.88. The Morgan fingerprint density at radius 1 is 1.25 bits per heavy atom. The second kappa shape index (κ2) is 4.90. The molecule has 1 aromatic carbocycles.